The number of hydrogen-bond donors (Lipinski definition) is 2. The Hall–Kier alpha value is -3.38. The van der Waals surface area contributed by atoms with Crippen LogP contribution in [-0.4, -0.2) is 81.3 Å². The van der Waals surface area contributed by atoms with Crippen LogP contribution >= 0.6 is 0 Å². The molecule has 2 aliphatic heterocycles. The van der Waals surface area contributed by atoms with E-state index in [-0.39, 0.29) is 18.9 Å². The topological polar surface area (TPSA) is 125 Å². The monoisotopic (exact) mass is 454 g/mol. The molecule has 174 valence electrons. The molecule has 1 aromatic carbocycles. The number of amides is 1. The van der Waals surface area contributed by atoms with Gasteiger partial charge in [0, 0.05) is 32.7 Å². The molecule has 1 saturated heterocycles. The molecule has 32 heavy (non-hydrogen) atoms. The Bertz CT molecular complexity index is 911. The second-order valence-corrected chi connectivity index (χ2v) is 6.79. The number of rotatable bonds is 3. The molecule has 10 nitrogen and oxygen atoms in total. The van der Waals surface area contributed by atoms with E-state index in [1.807, 2.05) is 4.57 Å². The lowest BCUT2D eigenvalue weighted by molar-refractivity contribution is -0.123. The number of nitrogens with zero attached hydrogens (tertiary/aromatic N) is 4. The predicted octanol–water partition coefficient (Wildman–Crippen LogP) is 1.05. The number of benzene rings is 1. The molecule has 0 bridgehead atoms. The highest BCUT2D eigenvalue weighted by Gasteiger charge is 2.26. The van der Waals surface area contributed by atoms with Gasteiger partial charge < -0.3 is 24.4 Å². The number of carboxylic acid groups (broad SMARTS) is 2. The van der Waals surface area contributed by atoms with E-state index in [4.69, 9.17) is 24.5 Å². The Balaban J connectivity index is 0.000000547. The van der Waals surface area contributed by atoms with Crippen LogP contribution in [0.2, 0.25) is 0 Å². The van der Waals surface area contributed by atoms with Gasteiger partial charge in [0.1, 0.15) is 11.5 Å². The fraction of sp³-hybridized carbons (Fsp3) is 0.400. The third kappa shape index (κ3) is 6.56. The summed E-state index contributed by atoms with van der Waals surface area (Å²) in [5.74, 6) is -0.870. The Morgan fingerprint density at radius 1 is 1.06 bits per heavy atom. The second kappa shape index (κ2) is 12.5. The van der Waals surface area contributed by atoms with Gasteiger partial charge in [-0.2, -0.15) is 0 Å². The molecule has 2 aliphatic rings. The zero-order chi connectivity index (χ0) is 23.5. The summed E-state index contributed by atoms with van der Waals surface area (Å²) in [4.78, 5) is 37.7. The zero-order valence-corrected chi connectivity index (χ0v) is 17.2. The summed E-state index contributed by atoms with van der Waals surface area (Å²) >= 11 is 0. The Morgan fingerprint density at radius 3 is 2.34 bits per heavy atom. The molecule has 0 radical (unpaired) electrons. The van der Waals surface area contributed by atoms with E-state index in [1.165, 1.54) is 6.07 Å². The average Bonchev–Trinajstić information content (AvgIpc) is 3.21. The van der Waals surface area contributed by atoms with Gasteiger partial charge >= 0.3 is 0 Å². The number of ether oxygens (including phenoxy) is 1. The van der Waals surface area contributed by atoms with Crippen molar-refractivity contribution in [2.45, 2.75) is 19.6 Å². The van der Waals surface area contributed by atoms with E-state index in [1.54, 1.807) is 17.2 Å². The van der Waals surface area contributed by atoms with Crippen LogP contribution in [0.4, 0.5) is 8.78 Å². The van der Waals surface area contributed by atoms with Crippen LogP contribution in [0.5, 0.6) is 0 Å². The summed E-state index contributed by atoms with van der Waals surface area (Å²) in [7, 11) is 0. The van der Waals surface area contributed by atoms with Gasteiger partial charge in [-0.3, -0.25) is 19.3 Å². The van der Waals surface area contributed by atoms with Gasteiger partial charge in [0.2, 0.25) is 0 Å². The molecule has 2 aromatic rings. The minimum Gasteiger partial charge on any atom is -0.483 e. The summed E-state index contributed by atoms with van der Waals surface area (Å²) in [6, 6.07) is 3.96. The molecular formula is C20H24F2N4O6. The minimum absolute atomic E-state index is 0.0129. The van der Waals surface area contributed by atoms with E-state index in [9.17, 15) is 13.6 Å². The summed E-state index contributed by atoms with van der Waals surface area (Å²) < 4.78 is 33.7. The lowest BCUT2D eigenvalue weighted by Crippen LogP contribution is -2.42. The number of morpholine rings is 1. The lowest BCUT2D eigenvalue weighted by atomic mass is 10.2. The minimum atomic E-state index is -0.839. The normalized spacial score (nSPS) is 15.4. The second-order valence-electron chi connectivity index (χ2n) is 6.79. The number of halogens is 2. The van der Waals surface area contributed by atoms with Crippen molar-refractivity contribution in [2.24, 2.45) is 0 Å². The first-order chi connectivity index (χ1) is 15.4. The molecule has 0 atom stereocenters. The third-order valence-electron chi connectivity index (χ3n) is 4.85. The Morgan fingerprint density at radius 2 is 1.72 bits per heavy atom. The number of hydrogen-bond acceptors (Lipinski definition) is 6. The molecule has 3 heterocycles. The maximum absolute atomic E-state index is 13.4. The van der Waals surface area contributed by atoms with Gasteiger partial charge in [-0.05, 0) is 17.7 Å². The molecular weight excluding hydrogens is 430 g/mol. The van der Waals surface area contributed by atoms with Crippen molar-refractivity contribution < 1.29 is 38.1 Å². The van der Waals surface area contributed by atoms with E-state index in [0.29, 0.717) is 63.7 Å². The van der Waals surface area contributed by atoms with Crippen LogP contribution in [0.25, 0.3) is 0 Å². The van der Waals surface area contributed by atoms with Crippen molar-refractivity contribution in [1.29, 1.82) is 0 Å². The standard InChI is InChI=1S/C18H20F2N4O2.2CH2O2/c19-14-2-1-13(9-15(14)20)11-22-3-4-24-16(10-21-17(24)12-22)18(25)23-5-7-26-8-6-23;2*2-1-3/h1-2,9-10H,3-8,11-12H2;2*1H,(H,2,3). The highest BCUT2D eigenvalue weighted by molar-refractivity contribution is 5.92. The van der Waals surface area contributed by atoms with Gasteiger partial charge in [-0.1, -0.05) is 6.07 Å². The van der Waals surface area contributed by atoms with Crippen LogP contribution in [0, 0.1) is 11.6 Å². The molecule has 4 rings (SSSR count). The third-order valence-corrected chi connectivity index (χ3v) is 4.85. The SMILES string of the molecule is O=C(c1cnc2n1CCN(Cc1ccc(F)c(F)c1)C2)N1CCOCC1.O=CO.O=CO. The summed E-state index contributed by atoms with van der Waals surface area (Å²) in [5.41, 5.74) is 1.32. The molecule has 0 unspecified atom stereocenters. The van der Waals surface area contributed by atoms with Crippen LogP contribution < -0.4 is 0 Å². The van der Waals surface area contributed by atoms with Crippen molar-refractivity contribution in [3.8, 4) is 0 Å². The Labute approximate surface area is 182 Å². The first kappa shape index (κ1) is 24.9. The Kier molecular flexibility index (Phi) is 9.70. The van der Waals surface area contributed by atoms with Crippen molar-refractivity contribution in [3.63, 3.8) is 0 Å². The first-order valence-electron chi connectivity index (χ1n) is 9.68. The fourth-order valence-electron chi connectivity index (χ4n) is 3.44. The fourth-order valence-corrected chi connectivity index (χ4v) is 3.44. The molecule has 12 heteroatoms. The van der Waals surface area contributed by atoms with Crippen LogP contribution in [0.3, 0.4) is 0 Å². The summed E-state index contributed by atoms with van der Waals surface area (Å²) in [5, 5.41) is 13.8. The molecule has 2 N–H and O–H groups in total. The quantitative estimate of drug-likeness (QED) is 0.660. The molecule has 1 aromatic heterocycles. The van der Waals surface area contributed by atoms with Crippen molar-refractivity contribution >= 4 is 18.9 Å². The van der Waals surface area contributed by atoms with Crippen molar-refractivity contribution in [2.75, 3.05) is 32.8 Å². The van der Waals surface area contributed by atoms with Gasteiger partial charge in [0.15, 0.2) is 11.6 Å². The van der Waals surface area contributed by atoms with Crippen LogP contribution in [-0.2, 0) is 34.0 Å². The number of fused-ring (bicyclic) bond motifs is 1. The van der Waals surface area contributed by atoms with Gasteiger partial charge in [0.25, 0.3) is 18.9 Å². The van der Waals surface area contributed by atoms with Crippen molar-refractivity contribution in [3.05, 3.63) is 53.1 Å². The lowest BCUT2D eigenvalue weighted by Gasteiger charge is -2.30. The molecule has 0 spiro atoms. The number of carbonyl (C=O) groups excluding carboxylic acids is 1. The molecule has 1 fully saturated rings. The predicted molar refractivity (Wildman–Crippen MR) is 107 cm³/mol. The van der Waals surface area contributed by atoms with Crippen LogP contribution in [0.1, 0.15) is 21.9 Å². The zero-order valence-electron chi connectivity index (χ0n) is 17.2. The van der Waals surface area contributed by atoms with Gasteiger partial charge in [-0.15, -0.1) is 0 Å². The maximum Gasteiger partial charge on any atom is 0.290 e. The first-order valence-corrected chi connectivity index (χ1v) is 9.68. The molecule has 0 saturated carbocycles. The van der Waals surface area contributed by atoms with E-state index < -0.39 is 11.6 Å². The van der Waals surface area contributed by atoms with Crippen molar-refractivity contribution in [1.82, 2.24) is 19.4 Å². The van der Waals surface area contributed by atoms with Gasteiger partial charge in [0.05, 0.1) is 26.0 Å². The van der Waals surface area contributed by atoms with Crippen LogP contribution in [0.15, 0.2) is 24.4 Å². The number of carbonyl (C=O) groups is 3. The largest absolute Gasteiger partial charge is 0.483 e. The summed E-state index contributed by atoms with van der Waals surface area (Å²) in [6.45, 7) is 4.26. The van der Waals surface area contributed by atoms with E-state index >= 15 is 0 Å². The molecule has 0 aliphatic carbocycles. The number of imidazole rings is 1. The highest BCUT2D eigenvalue weighted by atomic mass is 19.2. The number of aromatic nitrogens is 2. The van der Waals surface area contributed by atoms with Gasteiger partial charge in [-0.25, -0.2) is 13.8 Å². The highest BCUT2D eigenvalue weighted by Crippen LogP contribution is 2.19. The smallest absolute Gasteiger partial charge is 0.290 e. The average molecular weight is 454 g/mol. The maximum atomic E-state index is 13.4. The van der Waals surface area contributed by atoms with E-state index in [0.717, 1.165) is 11.9 Å². The summed E-state index contributed by atoms with van der Waals surface area (Å²) in [6.07, 6.45) is 1.63. The van der Waals surface area contributed by atoms with E-state index in [2.05, 4.69) is 9.88 Å². The molecule has 1 amide bonds.